The van der Waals surface area contributed by atoms with Crippen LogP contribution in [0, 0.1) is 0 Å². The van der Waals surface area contributed by atoms with E-state index in [0.717, 1.165) is 18.6 Å². The average molecular weight is 264 g/mol. The fraction of sp³-hybridized carbons (Fsp3) is 0.765. The Labute approximate surface area is 120 Å². The molecule has 0 bridgehead atoms. The number of nitrogens with zero attached hydrogens (tertiary/aromatic N) is 2. The molecule has 0 fully saturated rings. The summed E-state index contributed by atoms with van der Waals surface area (Å²) in [5.41, 5.74) is 0. The second-order valence-corrected chi connectivity index (χ2v) is 6.03. The topological polar surface area (TPSA) is 6.48 Å². The molecule has 0 unspecified atom stereocenters. The summed E-state index contributed by atoms with van der Waals surface area (Å²) in [6.45, 7) is 13.9. The molecule has 110 valence electrons. The van der Waals surface area contributed by atoms with Gasteiger partial charge in [-0.25, -0.2) is 0 Å². The van der Waals surface area contributed by atoms with Gasteiger partial charge in [-0.3, -0.25) is 4.90 Å². The average Bonchev–Trinajstić information content (AvgIpc) is 2.69. The Hall–Kier alpha value is -0.600. The molecule has 0 aromatic rings. The van der Waals surface area contributed by atoms with E-state index in [1.807, 2.05) is 0 Å². The van der Waals surface area contributed by atoms with E-state index < -0.39 is 0 Å². The van der Waals surface area contributed by atoms with E-state index in [1.54, 1.807) is 0 Å². The Morgan fingerprint density at radius 2 is 1.05 bits per heavy atom. The second-order valence-electron chi connectivity index (χ2n) is 6.03. The molecule has 2 heterocycles. The third-order valence-electron chi connectivity index (χ3n) is 3.88. The van der Waals surface area contributed by atoms with Gasteiger partial charge in [-0.2, -0.15) is 0 Å². The van der Waals surface area contributed by atoms with Crippen molar-refractivity contribution in [3.8, 4) is 0 Å². The van der Waals surface area contributed by atoms with Crippen LogP contribution >= 0.6 is 0 Å². The summed E-state index contributed by atoms with van der Waals surface area (Å²) in [6.07, 6.45) is 12.8. The van der Waals surface area contributed by atoms with Crippen LogP contribution in [0.25, 0.3) is 0 Å². The first kappa shape index (κ1) is 16.5. The molecule has 0 radical (unpaired) electrons. The first-order chi connectivity index (χ1) is 9.11. The molecule has 2 nitrogen and oxygen atoms in total. The van der Waals surface area contributed by atoms with Crippen LogP contribution in [-0.2, 0) is 0 Å². The highest BCUT2D eigenvalue weighted by Crippen LogP contribution is 2.06. The van der Waals surface area contributed by atoms with Crippen LogP contribution in [-0.4, -0.2) is 48.1 Å². The zero-order valence-corrected chi connectivity index (χ0v) is 13.3. The van der Waals surface area contributed by atoms with Crippen LogP contribution in [0.5, 0.6) is 0 Å². The van der Waals surface area contributed by atoms with E-state index in [-0.39, 0.29) is 0 Å². The molecule has 0 aromatic heterocycles. The molecule has 0 saturated carbocycles. The molecular weight excluding hydrogens is 232 g/mol. The molecule has 0 aliphatic carbocycles. The van der Waals surface area contributed by atoms with Gasteiger partial charge in [0.1, 0.15) is 0 Å². The minimum atomic E-state index is 0.718. The van der Waals surface area contributed by atoms with Gasteiger partial charge in [0.25, 0.3) is 0 Å². The van der Waals surface area contributed by atoms with E-state index in [9.17, 15) is 0 Å². The lowest BCUT2D eigenvalue weighted by Gasteiger charge is -2.26. The van der Waals surface area contributed by atoms with E-state index in [2.05, 4.69) is 61.8 Å². The molecule has 2 heteroatoms. The van der Waals surface area contributed by atoms with Crippen LogP contribution in [0.1, 0.15) is 47.0 Å². The van der Waals surface area contributed by atoms with Crippen molar-refractivity contribution >= 4 is 0 Å². The molecule has 2 rings (SSSR count). The predicted octanol–water partition coefficient (Wildman–Crippen LogP) is 3.70. The highest BCUT2D eigenvalue weighted by Gasteiger charge is 2.08. The van der Waals surface area contributed by atoms with Crippen molar-refractivity contribution in [2.45, 2.75) is 59.0 Å². The van der Waals surface area contributed by atoms with E-state index in [1.165, 1.54) is 38.9 Å². The van der Waals surface area contributed by atoms with Crippen molar-refractivity contribution in [1.29, 1.82) is 0 Å². The van der Waals surface area contributed by atoms with Crippen LogP contribution in [0.2, 0.25) is 0 Å². The minimum Gasteiger partial charge on any atom is -0.300 e. The predicted molar refractivity (Wildman–Crippen MR) is 85.5 cm³/mol. The van der Waals surface area contributed by atoms with Crippen molar-refractivity contribution < 1.29 is 0 Å². The van der Waals surface area contributed by atoms with Crippen molar-refractivity contribution in [2.75, 3.05) is 26.2 Å². The van der Waals surface area contributed by atoms with Gasteiger partial charge in [-0.05, 0) is 47.0 Å². The quantitative estimate of drug-likeness (QED) is 0.702. The standard InChI is InChI=1S/C9H17N.C8H15N/c1-9(2)10-7-5-3-4-6-8-10;1-8(2)9-6-4-3-5-7-9/h3-4,9H,5-8H2,1-2H3;3-4,8H,5-7H2,1-2H3. The lowest BCUT2D eigenvalue weighted by Crippen LogP contribution is -2.33. The summed E-state index contributed by atoms with van der Waals surface area (Å²) in [5.74, 6) is 0. The largest absolute Gasteiger partial charge is 0.300 e. The molecule has 0 amide bonds. The second kappa shape index (κ2) is 9.33. The Morgan fingerprint density at radius 3 is 1.42 bits per heavy atom. The maximum absolute atomic E-state index is 2.53. The summed E-state index contributed by atoms with van der Waals surface area (Å²) in [5, 5.41) is 0. The Balaban J connectivity index is 0.000000191. The third kappa shape index (κ3) is 6.93. The smallest absolute Gasteiger partial charge is 0.0166 e. The Kier molecular flexibility index (Phi) is 8.08. The highest BCUT2D eigenvalue weighted by molar-refractivity contribution is 4.91. The molecule has 19 heavy (non-hydrogen) atoms. The van der Waals surface area contributed by atoms with Crippen LogP contribution in [0.4, 0.5) is 0 Å². The Bertz CT molecular complexity index is 269. The van der Waals surface area contributed by atoms with Crippen molar-refractivity contribution in [3.63, 3.8) is 0 Å². The van der Waals surface area contributed by atoms with Crippen molar-refractivity contribution in [2.24, 2.45) is 0 Å². The molecule has 0 aromatic carbocycles. The number of hydrogen-bond acceptors (Lipinski definition) is 2. The molecule has 0 N–H and O–H groups in total. The fourth-order valence-electron chi connectivity index (χ4n) is 2.47. The summed E-state index contributed by atoms with van der Waals surface area (Å²) in [6, 6.07) is 1.44. The van der Waals surface area contributed by atoms with Gasteiger partial charge in [-0.1, -0.05) is 24.3 Å². The zero-order valence-electron chi connectivity index (χ0n) is 13.3. The van der Waals surface area contributed by atoms with Crippen molar-refractivity contribution in [1.82, 2.24) is 9.80 Å². The van der Waals surface area contributed by atoms with Crippen LogP contribution in [0.3, 0.4) is 0 Å². The normalized spacial score (nSPS) is 21.4. The van der Waals surface area contributed by atoms with Gasteiger partial charge in [0.05, 0.1) is 0 Å². The van der Waals surface area contributed by atoms with Gasteiger partial charge < -0.3 is 4.90 Å². The maximum Gasteiger partial charge on any atom is 0.0166 e. The monoisotopic (exact) mass is 264 g/mol. The van der Waals surface area contributed by atoms with E-state index in [0.29, 0.717) is 0 Å². The molecule has 2 aliphatic rings. The summed E-state index contributed by atoms with van der Waals surface area (Å²) in [4.78, 5) is 5.00. The van der Waals surface area contributed by atoms with Crippen molar-refractivity contribution in [3.05, 3.63) is 24.3 Å². The SMILES string of the molecule is CC(C)N1CC=CCC1.CC(C)N1CCC=CCC1. The summed E-state index contributed by atoms with van der Waals surface area (Å²) in [7, 11) is 0. The van der Waals surface area contributed by atoms with Crippen LogP contribution in [0.15, 0.2) is 24.3 Å². The zero-order chi connectivity index (χ0) is 14.1. The highest BCUT2D eigenvalue weighted by atomic mass is 15.1. The first-order valence-electron chi connectivity index (χ1n) is 7.89. The first-order valence-corrected chi connectivity index (χ1v) is 7.89. The molecule has 2 aliphatic heterocycles. The number of rotatable bonds is 2. The van der Waals surface area contributed by atoms with E-state index in [4.69, 9.17) is 0 Å². The van der Waals surface area contributed by atoms with Gasteiger partial charge in [-0.15, -0.1) is 0 Å². The summed E-state index contributed by atoms with van der Waals surface area (Å²) >= 11 is 0. The molecule has 0 spiro atoms. The molecule has 0 atom stereocenters. The van der Waals surface area contributed by atoms with Crippen LogP contribution < -0.4 is 0 Å². The third-order valence-corrected chi connectivity index (χ3v) is 3.88. The lowest BCUT2D eigenvalue weighted by molar-refractivity contribution is 0.234. The van der Waals surface area contributed by atoms with Gasteiger partial charge in [0.2, 0.25) is 0 Å². The number of hydrogen-bond donors (Lipinski definition) is 0. The Morgan fingerprint density at radius 1 is 0.632 bits per heavy atom. The summed E-state index contributed by atoms with van der Waals surface area (Å²) < 4.78 is 0. The fourth-order valence-corrected chi connectivity index (χ4v) is 2.47. The maximum atomic E-state index is 2.53. The minimum absolute atomic E-state index is 0.718. The lowest BCUT2D eigenvalue weighted by atomic mass is 10.2. The molecule has 0 saturated heterocycles. The van der Waals surface area contributed by atoms with Gasteiger partial charge in [0.15, 0.2) is 0 Å². The molecular formula is C17H32N2. The van der Waals surface area contributed by atoms with E-state index >= 15 is 0 Å². The van der Waals surface area contributed by atoms with Gasteiger partial charge in [0, 0.05) is 38.3 Å². The van der Waals surface area contributed by atoms with Gasteiger partial charge >= 0.3 is 0 Å².